The molecule has 0 bridgehead atoms. The lowest BCUT2D eigenvalue weighted by molar-refractivity contribution is -0.131. The number of nitrogens with one attached hydrogen (secondary N) is 1. The third-order valence-corrected chi connectivity index (χ3v) is 4.41. The van der Waals surface area contributed by atoms with Crippen LogP contribution < -0.4 is 11.1 Å². The molecule has 0 atom stereocenters. The van der Waals surface area contributed by atoms with Crippen LogP contribution in [0.25, 0.3) is 0 Å². The normalized spacial score (nSPS) is 17.6. The average molecular weight is 326 g/mol. The van der Waals surface area contributed by atoms with Gasteiger partial charge in [-0.3, -0.25) is 4.79 Å². The van der Waals surface area contributed by atoms with Crippen LogP contribution in [-0.4, -0.2) is 17.0 Å². The van der Waals surface area contributed by atoms with Crippen LogP contribution in [0.3, 0.4) is 0 Å². The minimum absolute atomic E-state index is 0.00313. The number of oxime groups is 1. The molecule has 0 spiro atoms. The van der Waals surface area contributed by atoms with E-state index in [1.807, 2.05) is 24.3 Å². The largest absolute Gasteiger partial charge is 0.409 e. The first kappa shape index (κ1) is 13.9. The highest BCUT2D eigenvalue weighted by Crippen LogP contribution is 2.41. The molecule has 0 radical (unpaired) electrons. The number of benzene rings is 1. The number of hydrogen-bond donors (Lipinski definition) is 3. The molecule has 5 nitrogen and oxygen atoms in total. The van der Waals surface area contributed by atoms with Crippen LogP contribution >= 0.6 is 15.9 Å². The SMILES string of the molecule is N/C(=N/O)C1(C(=O)NCc2ccccc2Br)CCC1. The molecule has 0 heterocycles. The molecule has 0 saturated heterocycles. The minimum atomic E-state index is -0.823. The summed E-state index contributed by atoms with van der Waals surface area (Å²) in [5, 5.41) is 14.6. The molecule has 4 N–H and O–H groups in total. The molecule has 102 valence electrons. The van der Waals surface area contributed by atoms with Crippen molar-refractivity contribution in [2.75, 3.05) is 0 Å². The zero-order valence-corrected chi connectivity index (χ0v) is 12.0. The van der Waals surface area contributed by atoms with Gasteiger partial charge < -0.3 is 16.3 Å². The van der Waals surface area contributed by atoms with E-state index in [1.54, 1.807) is 0 Å². The molecular formula is C13H16BrN3O2. The van der Waals surface area contributed by atoms with Gasteiger partial charge in [0.15, 0.2) is 5.84 Å². The van der Waals surface area contributed by atoms with Gasteiger partial charge in [-0.1, -0.05) is 45.7 Å². The standard InChI is InChI=1S/C13H16BrN3O2/c14-10-5-2-1-4-9(10)8-16-12(18)13(6-3-7-13)11(15)17-19/h1-2,4-5,19H,3,6-8H2,(H2,15,17)(H,16,18). The average Bonchev–Trinajstić information content (AvgIpc) is 2.36. The molecule has 1 aromatic rings. The molecule has 0 unspecified atom stereocenters. The molecule has 1 saturated carbocycles. The number of hydrogen-bond acceptors (Lipinski definition) is 3. The van der Waals surface area contributed by atoms with Gasteiger partial charge in [0.2, 0.25) is 5.91 Å². The monoisotopic (exact) mass is 325 g/mol. The van der Waals surface area contributed by atoms with Crippen LogP contribution in [0.5, 0.6) is 0 Å². The van der Waals surface area contributed by atoms with Gasteiger partial charge in [-0.05, 0) is 24.5 Å². The highest BCUT2D eigenvalue weighted by atomic mass is 79.9. The van der Waals surface area contributed by atoms with Crippen molar-refractivity contribution < 1.29 is 10.0 Å². The summed E-state index contributed by atoms with van der Waals surface area (Å²) in [6, 6.07) is 7.68. The quantitative estimate of drug-likeness (QED) is 0.342. The lowest BCUT2D eigenvalue weighted by Gasteiger charge is -2.38. The Hall–Kier alpha value is -1.56. The van der Waals surface area contributed by atoms with Crippen molar-refractivity contribution in [3.63, 3.8) is 0 Å². The van der Waals surface area contributed by atoms with Crippen molar-refractivity contribution in [3.8, 4) is 0 Å². The number of amides is 1. The molecule has 1 aliphatic carbocycles. The van der Waals surface area contributed by atoms with E-state index in [-0.39, 0.29) is 11.7 Å². The predicted octanol–water partition coefficient (Wildman–Crippen LogP) is 1.98. The van der Waals surface area contributed by atoms with Gasteiger partial charge >= 0.3 is 0 Å². The van der Waals surface area contributed by atoms with E-state index < -0.39 is 5.41 Å². The third kappa shape index (κ3) is 2.58. The van der Waals surface area contributed by atoms with E-state index in [1.165, 1.54) is 0 Å². The Bertz CT molecular complexity index is 512. The second-order valence-electron chi connectivity index (χ2n) is 4.69. The summed E-state index contributed by atoms with van der Waals surface area (Å²) >= 11 is 3.43. The van der Waals surface area contributed by atoms with Gasteiger partial charge in [-0.2, -0.15) is 0 Å². The smallest absolute Gasteiger partial charge is 0.234 e. The molecule has 6 heteroatoms. The van der Waals surface area contributed by atoms with Crippen LogP contribution in [-0.2, 0) is 11.3 Å². The van der Waals surface area contributed by atoms with Crippen molar-refractivity contribution in [1.82, 2.24) is 5.32 Å². The topological polar surface area (TPSA) is 87.7 Å². The second kappa shape index (κ2) is 5.61. The number of nitrogens with zero attached hydrogens (tertiary/aromatic N) is 1. The van der Waals surface area contributed by atoms with E-state index in [4.69, 9.17) is 10.9 Å². The van der Waals surface area contributed by atoms with E-state index >= 15 is 0 Å². The molecule has 2 rings (SSSR count). The Labute approximate surface area is 120 Å². The zero-order chi connectivity index (χ0) is 13.9. The number of amidine groups is 1. The first-order valence-electron chi connectivity index (χ1n) is 6.10. The van der Waals surface area contributed by atoms with Gasteiger partial charge in [0, 0.05) is 11.0 Å². The molecule has 1 fully saturated rings. The number of rotatable bonds is 4. The number of nitrogens with two attached hydrogens (primary N) is 1. The fourth-order valence-electron chi connectivity index (χ4n) is 2.21. The zero-order valence-electron chi connectivity index (χ0n) is 10.4. The molecule has 19 heavy (non-hydrogen) atoms. The van der Waals surface area contributed by atoms with Gasteiger partial charge in [0.1, 0.15) is 5.41 Å². The van der Waals surface area contributed by atoms with Crippen molar-refractivity contribution in [1.29, 1.82) is 0 Å². The van der Waals surface area contributed by atoms with Gasteiger partial charge in [-0.25, -0.2) is 0 Å². The van der Waals surface area contributed by atoms with Crippen molar-refractivity contribution in [2.24, 2.45) is 16.3 Å². The minimum Gasteiger partial charge on any atom is -0.409 e. The lowest BCUT2D eigenvalue weighted by atomic mass is 9.67. The molecular weight excluding hydrogens is 310 g/mol. The maximum absolute atomic E-state index is 12.2. The van der Waals surface area contributed by atoms with Crippen molar-refractivity contribution in [2.45, 2.75) is 25.8 Å². The van der Waals surface area contributed by atoms with Crippen LogP contribution in [0, 0.1) is 5.41 Å². The van der Waals surface area contributed by atoms with E-state index in [2.05, 4.69) is 26.4 Å². The van der Waals surface area contributed by atoms with E-state index in [0.29, 0.717) is 19.4 Å². The van der Waals surface area contributed by atoms with Crippen molar-refractivity contribution in [3.05, 3.63) is 34.3 Å². The van der Waals surface area contributed by atoms with Crippen LogP contribution in [0.2, 0.25) is 0 Å². The summed E-state index contributed by atoms with van der Waals surface area (Å²) in [7, 11) is 0. The van der Waals surface area contributed by atoms with E-state index in [0.717, 1.165) is 16.5 Å². The molecule has 0 aliphatic heterocycles. The summed E-state index contributed by atoms with van der Waals surface area (Å²) in [5.74, 6) is -0.173. The highest BCUT2D eigenvalue weighted by Gasteiger charge is 2.48. The fraction of sp³-hybridized carbons (Fsp3) is 0.385. The Morgan fingerprint density at radius 1 is 1.47 bits per heavy atom. The summed E-state index contributed by atoms with van der Waals surface area (Å²) in [6.45, 7) is 0.417. The first-order valence-corrected chi connectivity index (χ1v) is 6.89. The Morgan fingerprint density at radius 3 is 2.68 bits per heavy atom. The Balaban J connectivity index is 2.04. The molecule has 0 aromatic heterocycles. The third-order valence-electron chi connectivity index (χ3n) is 3.64. The second-order valence-corrected chi connectivity index (χ2v) is 5.55. The van der Waals surface area contributed by atoms with Gasteiger partial charge in [0.25, 0.3) is 0 Å². The van der Waals surface area contributed by atoms with Crippen LogP contribution in [0.1, 0.15) is 24.8 Å². The molecule has 1 aliphatic rings. The highest BCUT2D eigenvalue weighted by molar-refractivity contribution is 9.10. The lowest BCUT2D eigenvalue weighted by Crippen LogP contribution is -2.53. The number of carbonyl (C=O) groups excluding carboxylic acids is 1. The van der Waals surface area contributed by atoms with Gasteiger partial charge in [-0.15, -0.1) is 0 Å². The Morgan fingerprint density at radius 2 is 2.16 bits per heavy atom. The predicted molar refractivity (Wildman–Crippen MR) is 75.7 cm³/mol. The number of halogens is 1. The maximum atomic E-state index is 12.2. The molecule has 1 aromatic carbocycles. The Kier molecular flexibility index (Phi) is 4.09. The van der Waals surface area contributed by atoms with Gasteiger partial charge in [0.05, 0.1) is 0 Å². The summed E-state index contributed by atoms with van der Waals surface area (Å²) < 4.78 is 0.946. The fourth-order valence-corrected chi connectivity index (χ4v) is 2.64. The molecule has 1 amide bonds. The maximum Gasteiger partial charge on any atom is 0.234 e. The summed E-state index contributed by atoms with van der Waals surface area (Å²) in [6.07, 6.45) is 2.17. The summed E-state index contributed by atoms with van der Waals surface area (Å²) in [5.41, 5.74) is 5.81. The summed E-state index contributed by atoms with van der Waals surface area (Å²) in [4.78, 5) is 12.2. The van der Waals surface area contributed by atoms with E-state index in [9.17, 15) is 4.79 Å². The van der Waals surface area contributed by atoms with Crippen LogP contribution in [0.15, 0.2) is 33.9 Å². The van der Waals surface area contributed by atoms with Crippen LogP contribution in [0.4, 0.5) is 0 Å². The first-order chi connectivity index (χ1) is 9.10. The number of carbonyl (C=O) groups is 1. The van der Waals surface area contributed by atoms with Crippen molar-refractivity contribution >= 4 is 27.7 Å².